The molecule has 0 unspecified atom stereocenters. The van der Waals surface area contributed by atoms with Crippen molar-refractivity contribution in [1.82, 2.24) is 4.31 Å². The largest absolute Gasteiger partial charge is 0.311 e. The highest BCUT2D eigenvalue weighted by Gasteiger charge is 2.22. The summed E-state index contributed by atoms with van der Waals surface area (Å²) in [5.74, 6) is -0.187. The zero-order valence-electron chi connectivity index (χ0n) is 14.1. The molecule has 6 heteroatoms. The Kier molecular flexibility index (Phi) is 5.75. The van der Waals surface area contributed by atoms with Crippen molar-refractivity contribution in [2.75, 3.05) is 25.0 Å². The van der Waals surface area contributed by atoms with Gasteiger partial charge in [0.25, 0.3) is 5.91 Å². The van der Waals surface area contributed by atoms with Crippen molar-refractivity contribution >= 4 is 21.6 Å². The van der Waals surface area contributed by atoms with Crippen LogP contribution in [0.15, 0.2) is 59.5 Å². The zero-order chi connectivity index (χ0) is 17.7. The lowest BCUT2D eigenvalue weighted by Gasteiger charge is -2.19. The predicted octanol–water partition coefficient (Wildman–Crippen LogP) is 2.99. The number of hydrogen-bond donors (Lipinski definition) is 0. The molecule has 2 aromatic rings. The Labute approximate surface area is 143 Å². The fraction of sp³-hybridized carbons (Fsp3) is 0.278. The van der Waals surface area contributed by atoms with E-state index in [9.17, 15) is 13.2 Å². The van der Waals surface area contributed by atoms with Crippen LogP contribution in [0.1, 0.15) is 24.2 Å². The maximum absolute atomic E-state index is 12.5. The summed E-state index contributed by atoms with van der Waals surface area (Å²) in [6.07, 6.45) is 0. The molecule has 0 atom stereocenters. The van der Waals surface area contributed by atoms with E-state index >= 15 is 0 Å². The normalized spacial score (nSPS) is 11.5. The third-order valence-corrected chi connectivity index (χ3v) is 5.96. The molecule has 0 fully saturated rings. The van der Waals surface area contributed by atoms with E-state index in [1.165, 1.54) is 21.3 Å². The highest BCUT2D eigenvalue weighted by Crippen LogP contribution is 2.19. The number of carbonyl (C=O) groups is 1. The summed E-state index contributed by atoms with van der Waals surface area (Å²) >= 11 is 0. The van der Waals surface area contributed by atoms with Crippen molar-refractivity contribution in [3.05, 3.63) is 60.2 Å². The topological polar surface area (TPSA) is 57.7 Å². The molecule has 24 heavy (non-hydrogen) atoms. The second-order valence-corrected chi connectivity index (χ2v) is 7.25. The van der Waals surface area contributed by atoms with E-state index in [-0.39, 0.29) is 10.8 Å². The van der Waals surface area contributed by atoms with E-state index < -0.39 is 10.0 Å². The number of benzene rings is 2. The molecular formula is C18H22N2O3S. The van der Waals surface area contributed by atoms with Crippen molar-refractivity contribution < 1.29 is 13.2 Å². The third kappa shape index (κ3) is 3.66. The number of amides is 1. The van der Waals surface area contributed by atoms with Gasteiger partial charge in [-0.05, 0) is 36.4 Å². The van der Waals surface area contributed by atoms with Crippen LogP contribution in [0.5, 0.6) is 0 Å². The Morgan fingerprint density at radius 1 is 0.917 bits per heavy atom. The van der Waals surface area contributed by atoms with Gasteiger partial charge in [0.1, 0.15) is 0 Å². The van der Waals surface area contributed by atoms with Crippen LogP contribution in [0.2, 0.25) is 0 Å². The molecule has 1 amide bonds. The van der Waals surface area contributed by atoms with Gasteiger partial charge in [0.05, 0.1) is 4.90 Å². The summed E-state index contributed by atoms with van der Waals surface area (Å²) < 4.78 is 26.3. The van der Waals surface area contributed by atoms with E-state index in [4.69, 9.17) is 0 Å². The maximum atomic E-state index is 12.5. The molecule has 0 aliphatic rings. The molecule has 0 N–H and O–H groups in total. The molecule has 0 saturated heterocycles. The molecule has 0 aromatic heterocycles. The molecule has 5 nitrogen and oxygen atoms in total. The van der Waals surface area contributed by atoms with Gasteiger partial charge >= 0.3 is 0 Å². The minimum atomic E-state index is -3.51. The Balaban J connectivity index is 2.25. The predicted molar refractivity (Wildman–Crippen MR) is 95.7 cm³/mol. The van der Waals surface area contributed by atoms with Crippen LogP contribution in [0.4, 0.5) is 5.69 Å². The minimum absolute atomic E-state index is 0.187. The van der Waals surface area contributed by atoms with Gasteiger partial charge in [0, 0.05) is 31.4 Å². The van der Waals surface area contributed by atoms with E-state index in [0.29, 0.717) is 18.7 Å². The van der Waals surface area contributed by atoms with Gasteiger partial charge in [0.2, 0.25) is 10.0 Å². The first kappa shape index (κ1) is 18.2. The monoisotopic (exact) mass is 346 g/mol. The number of hydrogen-bond acceptors (Lipinski definition) is 3. The molecule has 0 spiro atoms. The van der Waals surface area contributed by atoms with Crippen LogP contribution in [0, 0.1) is 0 Å². The van der Waals surface area contributed by atoms with E-state index in [2.05, 4.69) is 0 Å². The molecule has 0 saturated carbocycles. The van der Waals surface area contributed by atoms with Crippen LogP contribution >= 0.6 is 0 Å². The highest BCUT2D eigenvalue weighted by atomic mass is 32.2. The fourth-order valence-electron chi connectivity index (χ4n) is 2.44. The fourth-order valence-corrected chi connectivity index (χ4v) is 3.90. The SMILES string of the molecule is CCN(CC)S(=O)(=O)c1ccc(C(=O)N(C)c2ccccc2)cc1. The second-order valence-electron chi connectivity index (χ2n) is 5.31. The van der Waals surface area contributed by atoms with Gasteiger partial charge in [0.15, 0.2) is 0 Å². The van der Waals surface area contributed by atoms with Crippen LogP contribution in [0.25, 0.3) is 0 Å². The van der Waals surface area contributed by atoms with Gasteiger partial charge in [-0.1, -0.05) is 32.0 Å². The molecular weight excluding hydrogens is 324 g/mol. The third-order valence-electron chi connectivity index (χ3n) is 3.89. The highest BCUT2D eigenvalue weighted by molar-refractivity contribution is 7.89. The first-order chi connectivity index (χ1) is 11.4. The Morgan fingerprint density at radius 2 is 1.46 bits per heavy atom. The maximum Gasteiger partial charge on any atom is 0.258 e. The first-order valence-corrected chi connectivity index (χ1v) is 9.29. The van der Waals surface area contributed by atoms with Crippen molar-refractivity contribution in [3.8, 4) is 0 Å². The lowest BCUT2D eigenvalue weighted by Crippen LogP contribution is -2.30. The standard InChI is InChI=1S/C18H22N2O3S/c1-4-20(5-2)24(22,23)17-13-11-15(12-14-17)18(21)19(3)16-9-7-6-8-10-16/h6-14H,4-5H2,1-3H3. The summed E-state index contributed by atoms with van der Waals surface area (Å²) in [5.41, 5.74) is 1.22. The van der Waals surface area contributed by atoms with Gasteiger partial charge < -0.3 is 4.90 Å². The Morgan fingerprint density at radius 3 is 1.96 bits per heavy atom. The van der Waals surface area contributed by atoms with Crippen molar-refractivity contribution in [2.45, 2.75) is 18.7 Å². The number of rotatable bonds is 6. The summed E-state index contributed by atoms with van der Waals surface area (Å²) in [6, 6.07) is 15.4. The average Bonchev–Trinajstić information content (AvgIpc) is 2.62. The van der Waals surface area contributed by atoms with Gasteiger partial charge in [-0.25, -0.2) is 8.42 Å². The molecule has 0 bridgehead atoms. The van der Waals surface area contributed by atoms with Crippen molar-refractivity contribution in [1.29, 1.82) is 0 Å². The first-order valence-electron chi connectivity index (χ1n) is 7.85. The number of nitrogens with zero attached hydrogens (tertiary/aromatic N) is 2. The molecule has 0 aliphatic carbocycles. The Bertz CT molecular complexity index is 783. The second kappa shape index (κ2) is 7.59. The van der Waals surface area contributed by atoms with Crippen molar-refractivity contribution in [3.63, 3.8) is 0 Å². The van der Waals surface area contributed by atoms with E-state index in [1.54, 1.807) is 33.0 Å². The molecule has 2 aromatic carbocycles. The van der Waals surface area contributed by atoms with Crippen LogP contribution in [-0.4, -0.2) is 38.8 Å². The summed E-state index contributed by atoms with van der Waals surface area (Å²) in [4.78, 5) is 14.3. The number of anilines is 1. The molecule has 0 heterocycles. The zero-order valence-corrected chi connectivity index (χ0v) is 15.0. The van der Waals surface area contributed by atoms with E-state index in [0.717, 1.165) is 5.69 Å². The summed E-state index contributed by atoms with van der Waals surface area (Å²) in [5, 5.41) is 0. The van der Waals surface area contributed by atoms with Crippen LogP contribution < -0.4 is 4.90 Å². The summed E-state index contributed by atoms with van der Waals surface area (Å²) in [7, 11) is -1.81. The quantitative estimate of drug-likeness (QED) is 0.808. The number of sulfonamides is 1. The number of para-hydroxylation sites is 1. The Hall–Kier alpha value is -2.18. The van der Waals surface area contributed by atoms with Gasteiger partial charge in [-0.3, -0.25) is 4.79 Å². The lowest BCUT2D eigenvalue weighted by molar-refractivity contribution is 0.0993. The average molecular weight is 346 g/mol. The van der Waals surface area contributed by atoms with Gasteiger partial charge in [-0.2, -0.15) is 4.31 Å². The van der Waals surface area contributed by atoms with Crippen molar-refractivity contribution in [2.24, 2.45) is 0 Å². The van der Waals surface area contributed by atoms with E-state index in [1.807, 2.05) is 30.3 Å². The molecule has 0 radical (unpaired) electrons. The van der Waals surface area contributed by atoms with Crippen LogP contribution in [-0.2, 0) is 10.0 Å². The number of carbonyl (C=O) groups excluding carboxylic acids is 1. The molecule has 2 rings (SSSR count). The minimum Gasteiger partial charge on any atom is -0.311 e. The molecule has 0 aliphatic heterocycles. The van der Waals surface area contributed by atoms with Crippen LogP contribution in [0.3, 0.4) is 0 Å². The van der Waals surface area contributed by atoms with Gasteiger partial charge in [-0.15, -0.1) is 0 Å². The smallest absolute Gasteiger partial charge is 0.258 e. The lowest BCUT2D eigenvalue weighted by atomic mass is 10.2. The molecule has 128 valence electrons. The summed E-state index contributed by atoms with van der Waals surface area (Å²) in [6.45, 7) is 4.42.